The summed E-state index contributed by atoms with van der Waals surface area (Å²) >= 11 is 0. The lowest BCUT2D eigenvalue weighted by molar-refractivity contribution is -0.133. The lowest BCUT2D eigenvalue weighted by Crippen LogP contribution is -2.53. The number of rotatable bonds is 5. The van der Waals surface area contributed by atoms with Gasteiger partial charge in [0, 0.05) is 13.0 Å². The number of hydrogen-bond donors (Lipinski definition) is 3. The molecule has 2 aromatic rings. The van der Waals surface area contributed by atoms with Gasteiger partial charge in [0.15, 0.2) is 0 Å². The number of carbonyl (C=O) groups is 2. The Hall–Kier alpha value is -2.83. The van der Waals surface area contributed by atoms with Crippen molar-refractivity contribution in [2.45, 2.75) is 56.5 Å². The van der Waals surface area contributed by atoms with Gasteiger partial charge in [-0.25, -0.2) is 4.79 Å². The minimum atomic E-state index is -0.340. The van der Waals surface area contributed by atoms with Gasteiger partial charge in [-0.3, -0.25) is 9.59 Å². The van der Waals surface area contributed by atoms with Crippen LogP contribution in [0.15, 0.2) is 35.1 Å². The van der Waals surface area contributed by atoms with Crippen LogP contribution in [0.2, 0.25) is 0 Å². The number of H-pyrrole nitrogens is 2. The van der Waals surface area contributed by atoms with Crippen LogP contribution < -0.4 is 11.0 Å². The minimum Gasteiger partial charge on any atom is -0.344 e. The summed E-state index contributed by atoms with van der Waals surface area (Å²) in [6.45, 7) is 0.776. The number of imidazole rings is 1. The number of allylic oxidation sites excluding steroid dienone is 2. The second kappa shape index (κ2) is 6.90. The smallest absolute Gasteiger partial charge is 0.323 e. The highest BCUT2D eigenvalue weighted by molar-refractivity contribution is 6.05. The highest BCUT2D eigenvalue weighted by Crippen LogP contribution is 2.45. The van der Waals surface area contributed by atoms with E-state index in [1.54, 1.807) is 18.2 Å². The Morgan fingerprint density at radius 3 is 2.83 bits per heavy atom. The van der Waals surface area contributed by atoms with Gasteiger partial charge in [0.1, 0.15) is 0 Å². The fraction of sp³-hybridized carbons (Fsp3) is 0.500. The number of carbonyl (C=O) groups excluding carboxylic acids is 2. The number of hydrogen-bond acceptors (Lipinski definition) is 3. The molecule has 1 aliphatic heterocycles. The Kier molecular flexibility index (Phi) is 4.33. The summed E-state index contributed by atoms with van der Waals surface area (Å²) in [5.41, 5.74) is 0.940. The van der Waals surface area contributed by atoms with Gasteiger partial charge >= 0.3 is 5.69 Å². The van der Waals surface area contributed by atoms with Gasteiger partial charge in [-0.05, 0) is 56.6 Å². The van der Waals surface area contributed by atoms with Crippen molar-refractivity contribution in [1.82, 2.24) is 20.2 Å². The van der Waals surface area contributed by atoms with Crippen LogP contribution in [-0.2, 0) is 4.79 Å². The molecule has 2 atom stereocenters. The number of para-hydroxylation sites is 1. The molecule has 7 nitrogen and oxygen atoms in total. The van der Waals surface area contributed by atoms with Crippen molar-refractivity contribution < 1.29 is 9.59 Å². The number of amides is 2. The zero-order valence-electron chi connectivity index (χ0n) is 16.4. The monoisotopic (exact) mass is 394 g/mol. The molecule has 1 aromatic heterocycles. The molecule has 0 radical (unpaired) electrons. The van der Waals surface area contributed by atoms with E-state index in [1.165, 1.54) is 0 Å². The van der Waals surface area contributed by atoms with Crippen molar-refractivity contribution in [3.05, 3.63) is 46.4 Å². The maximum absolute atomic E-state index is 13.1. The van der Waals surface area contributed by atoms with E-state index < -0.39 is 0 Å². The van der Waals surface area contributed by atoms with E-state index in [-0.39, 0.29) is 29.1 Å². The fourth-order valence-electron chi connectivity index (χ4n) is 5.06. The molecule has 1 aromatic carbocycles. The van der Waals surface area contributed by atoms with Gasteiger partial charge < -0.3 is 20.2 Å². The number of likely N-dealkylation sites (tertiary alicyclic amines) is 1. The van der Waals surface area contributed by atoms with E-state index in [1.807, 2.05) is 4.90 Å². The standard InChI is InChI=1S/C22H26N4O3/c27-18(13-14-5-1-2-6-14)26-12-4-9-17(26)22(10-11-22)25-20(28)15-7-3-8-16-19(15)24-21(29)23-16/h1,3,5,7-8,14,17H,2,4,6,9-13H2,(H,25,28)(H2,23,24,29). The Morgan fingerprint density at radius 2 is 2.07 bits per heavy atom. The van der Waals surface area contributed by atoms with Gasteiger partial charge in [-0.2, -0.15) is 0 Å². The molecule has 3 N–H and O–H groups in total. The molecule has 0 bridgehead atoms. The number of nitrogens with one attached hydrogen (secondary N) is 3. The molecule has 2 aliphatic carbocycles. The average Bonchev–Trinajstić information content (AvgIpc) is 3.13. The molecule has 7 heteroatoms. The van der Waals surface area contributed by atoms with E-state index in [4.69, 9.17) is 0 Å². The molecular weight excluding hydrogens is 368 g/mol. The SMILES string of the molecule is O=C(NC1(C2CCCN2C(=O)CC2C=CCC2)CC1)c1cccc2[nH]c(=O)[nH]c12. The average molecular weight is 394 g/mol. The molecule has 1 saturated heterocycles. The van der Waals surface area contributed by atoms with E-state index in [0.29, 0.717) is 28.9 Å². The topological polar surface area (TPSA) is 98.1 Å². The van der Waals surface area contributed by atoms with Crippen LogP contribution in [-0.4, -0.2) is 44.8 Å². The summed E-state index contributed by atoms with van der Waals surface area (Å²) < 4.78 is 0. The Bertz CT molecular complexity index is 1050. The van der Waals surface area contributed by atoms with Crippen molar-refractivity contribution in [3.63, 3.8) is 0 Å². The third kappa shape index (κ3) is 3.28. The first-order chi connectivity index (χ1) is 14.1. The first-order valence-corrected chi connectivity index (χ1v) is 10.6. The van der Waals surface area contributed by atoms with Crippen LogP contribution in [0.25, 0.3) is 11.0 Å². The lowest BCUT2D eigenvalue weighted by Gasteiger charge is -2.33. The van der Waals surface area contributed by atoms with Crippen LogP contribution in [0.3, 0.4) is 0 Å². The van der Waals surface area contributed by atoms with Gasteiger partial charge in [-0.15, -0.1) is 0 Å². The van der Waals surface area contributed by atoms with E-state index in [0.717, 1.165) is 45.1 Å². The van der Waals surface area contributed by atoms with Crippen LogP contribution in [0.1, 0.15) is 55.3 Å². The van der Waals surface area contributed by atoms with Gasteiger partial charge in [0.2, 0.25) is 5.91 Å². The van der Waals surface area contributed by atoms with Gasteiger partial charge in [0.25, 0.3) is 5.91 Å². The Morgan fingerprint density at radius 1 is 1.21 bits per heavy atom. The molecule has 29 heavy (non-hydrogen) atoms. The second-order valence-electron chi connectivity index (χ2n) is 8.63. The summed E-state index contributed by atoms with van der Waals surface area (Å²) in [5.74, 6) is 0.375. The third-order valence-corrected chi connectivity index (χ3v) is 6.71. The van der Waals surface area contributed by atoms with E-state index in [2.05, 4.69) is 27.4 Å². The fourth-order valence-corrected chi connectivity index (χ4v) is 5.06. The predicted molar refractivity (Wildman–Crippen MR) is 110 cm³/mol. The highest BCUT2D eigenvalue weighted by atomic mass is 16.2. The van der Waals surface area contributed by atoms with E-state index in [9.17, 15) is 14.4 Å². The largest absolute Gasteiger partial charge is 0.344 e. The summed E-state index contributed by atoms with van der Waals surface area (Å²) in [4.78, 5) is 45.1. The van der Waals surface area contributed by atoms with Crippen molar-refractivity contribution in [2.75, 3.05) is 6.54 Å². The van der Waals surface area contributed by atoms with Crippen molar-refractivity contribution in [3.8, 4) is 0 Å². The van der Waals surface area contributed by atoms with Crippen molar-refractivity contribution in [1.29, 1.82) is 0 Å². The predicted octanol–water partition coefficient (Wildman–Crippen LogP) is 2.47. The maximum atomic E-state index is 13.1. The highest BCUT2D eigenvalue weighted by Gasteiger charge is 2.55. The zero-order chi connectivity index (χ0) is 20.0. The van der Waals surface area contributed by atoms with Gasteiger partial charge in [-0.1, -0.05) is 18.2 Å². The van der Waals surface area contributed by atoms with E-state index >= 15 is 0 Å². The number of aromatic nitrogens is 2. The molecule has 152 valence electrons. The first kappa shape index (κ1) is 18.2. The van der Waals surface area contributed by atoms with Crippen LogP contribution in [0.5, 0.6) is 0 Å². The summed E-state index contributed by atoms with van der Waals surface area (Å²) in [6, 6.07) is 5.32. The quantitative estimate of drug-likeness (QED) is 0.680. The Labute approximate surface area is 168 Å². The van der Waals surface area contributed by atoms with Crippen LogP contribution in [0, 0.1) is 5.92 Å². The number of fused-ring (bicyclic) bond motifs is 1. The number of aromatic amines is 2. The molecule has 1 saturated carbocycles. The molecular formula is C22H26N4O3. The first-order valence-electron chi connectivity index (χ1n) is 10.6. The third-order valence-electron chi connectivity index (χ3n) is 6.71. The molecule has 2 amide bonds. The zero-order valence-corrected chi connectivity index (χ0v) is 16.4. The minimum absolute atomic E-state index is 0.0637. The van der Waals surface area contributed by atoms with Crippen molar-refractivity contribution in [2.24, 2.45) is 5.92 Å². The normalized spacial score (nSPS) is 24.9. The molecule has 2 unspecified atom stereocenters. The second-order valence-corrected chi connectivity index (χ2v) is 8.63. The molecule has 3 aliphatic rings. The molecule has 0 spiro atoms. The summed E-state index contributed by atoms with van der Waals surface area (Å²) in [6.07, 6.45) is 10.7. The lowest BCUT2D eigenvalue weighted by atomic mass is 10.00. The van der Waals surface area contributed by atoms with Crippen LogP contribution >= 0.6 is 0 Å². The summed E-state index contributed by atoms with van der Waals surface area (Å²) in [5, 5.41) is 3.22. The van der Waals surface area contributed by atoms with Gasteiger partial charge in [0.05, 0.1) is 28.2 Å². The molecule has 2 fully saturated rings. The molecule has 5 rings (SSSR count). The summed E-state index contributed by atoms with van der Waals surface area (Å²) in [7, 11) is 0. The maximum Gasteiger partial charge on any atom is 0.323 e. The number of nitrogens with zero attached hydrogens (tertiary/aromatic N) is 1. The number of benzene rings is 1. The van der Waals surface area contributed by atoms with Crippen molar-refractivity contribution >= 4 is 22.8 Å². The van der Waals surface area contributed by atoms with Crippen LogP contribution in [0.4, 0.5) is 0 Å². The Balaban J connectivity index is 1.33. The molecule has 2 heterocycles.